The van der Waals surface area contributed by atoms with E-state index in [9.17, 15) is 8.42 Å². The minimum Gasteiger partial charge on any atom is -0.383 e. The van der Waals surface area contributed by atoms with Crippen LogP contribution in [0, 0.1) is 0 Å². The molecule has 1 aromatic heterocycles. The van der Waals surface area contributed by atoms with E-state index in [-0.39, 0.29) is 16.5 Å². The third-order valence-electron chi connectivity index (χ3n) is 1.56. The van der Waals surface area contributed by atoms with Crippen molar-refractivity contribution in [3.63, 3.8) is 0 Å². The summed E-state index contributed by atoms with van der Waals surface area (Å²) in [6.45, 7) is 1.57. The number of nitrogens with two attached hydrogens (primary N) is 1. The van der Waals surface area contributed by atoms with Crippen LogP contribution in [0.2, 0.25) is 0 Å². The van der Waals surface area contributed by atoms with Crippen LogP contribution in [0.3, 0.4) is 0 Å². The van der Waals surface area contributed by atoms with Gasteiger partial charge in [0.15, 0.2) is 9.84 Å². The summed E-state index contributed by atoms with van der Waals surface area (Å²) >= 11 is 3.14. The average molecular weight is 265 g/mol. The third-order valence-corrected chi connectivity index (χ3v) is 3.75. The summed E-state index contributed by atoms with van der Waals surface area (Å²) < 4.78 is 23.5. The van der Waals surface area contributed by atoms with Gasteiger partial charge in [0, 0.05) is 10.7 Å². The highest BCUT2D eigenvalue weighted by Gasteiger charge is 2.16. The van der Waals surface area contributed by atoms with Crippen molar-refractivity contribution in [2.75, 3.05) is 11.5 Å². The van der Waals surface area contributed by atoms with Crippen molar-refractivity contribution in [3.8, 4) is 0 Å². The second-order valence-corrected chi connectivity index (χ2v) is 5.60. The van der Waals surface area contributed by atoms with E-state index in [1.165, 1.54) is 12.3 Å². The highest BCUT2D eigenvalue weighted by Crippen LogP contribution is 2.21. The number of aromatic nitrogens is 1. The number of hydrogen-bond acceptors (Lipinski definition) is 4. The van der Waals surface area contributed by atoms with E-state index in [2.05, 4.69) is 20.9 Å². The molecular weight excluding hydrogens is 256 g/mol. The van der Waals surface area contributed by atoms with Crippen molar-refractivity contribution in [1.82, 2.24) is 4.98 Å². The van der Waals surface area contributed by atoms with Gasteiger partial charge in [0.2, 0.25) is 0 Å². The van der Waals surface area contributed by atoms with Gasteiger partial charge >= 0.3 is 0 Å². The van der Waals surface area contributed by atoms with Gasteiger partial charge in [0.1, 0.15) is 10.7 Å². The number of rotatable bonds is 2. The molecule has 0 atom stereocenters. The first kappa shape index (κ1) is 10.5. The van der Waals surface area contributed by atoms with Crippen LogP contribution in [-0.4, -0.2) is 19.2 Å². The molecule has 0 amide bonds. The second-order valence-electron chi connectivity index (χ2n) is 2.44. The summed E-state index contributed by atoms with van der Waals surface area (Å²) in [6.07, 6.45) is 1.46. The molecule has 0 aliphatic heterocycles. The fourth-order valence-corrected chi connectivity index (χ4v) is 2.31. The first-order valence-corrected chi connectivity index (χ1v) is 6.05. The smallest absolute Gasteiger partial charge is 0.181 e. The van der Waals surface area contributed by atoms with Gasteiger partial charge in [-0.05, 0) is 22.0 Å². The Balaban J connectivity index is 3.38. The zero-order valence-corrected chi connectivity index (χ0v) is 9.39. The molecule has 1 heterocycles. The molecule has 4 nitrogen and oxygen atoms in total. The summed E-state index contributed by atoms with van der Waals surface area (Å²) in [5.41, 5.74) is 5.44. The van der Waals surface area contributed by atoms with E-state index in [1.807, 2.05) is 0 Å². The topological polar surface area (TPSA) is 73.0 Å². The predicted molar refractivity (Wildman–Crippen MR) is 54.1 cm³/mol. The predicted octanol–water partition coefficient (Wildman–Crippen LogP) is 1.22. The fraction of sp³-hybridized carbons (Fsp3) is 0.286. The second kappa shape index (κ2) is 3.63. The van der Waals surface area contributed by atoms with Gasteiger partial charge in [0.05, 0.1) is 5.75 Å². The maximum atomic E-state index is 11.4. The van der Waals surface area contributed by atoms with Gasteiger partial charge in [-0.25, -0.2) is 13.4 Å². The van der Waals surface area contributed by atoms with Gasteiger partial charge < -0.3 is 5.73 Å². The fourth-order valence-electron chi connectivity index (χ4n) is 0.836. The number of sulfone groups is 1. The Morgan fingerprint density at radius 1 is 1.62 bits per heavy atom. The molecule has 0 aromatic carbocycles. The molecule has 1 aromatic rings. The van der Waals surface area contributed by atoms with Gasteiger partial charge in [-0.1, -0.05) is 6.92 Å². The SMILES string of the molecule is CCS(=O)(=O)c1cc(Br)cnc1N. The maximum absolute atomic E-state index is 11.4. The lowest BCUT2D eigenvalue weighted by Crippen LogP contribution is -2.08. The molecule has 72 valence electrons. The molecular formula is C7H9BrN2O2S. The molecule has 0 fully saturated rings. The Hall–Kier alpha value is -0.620. The van der Waals surface area contributed by atoms with Crippen molar-refractivity contribution in [2.45, 2.75) is 11.8 Å². The van der Waals surface area contributed by atoms with Crippen molar-refractivity contribution in [2.24, 2.45) is 0 Å². The van der Waals surface area contributed by atoms with Crippen LogP contribution in [0.15, 0.2) is 21.6 Å². The number of nitrogens with zero attached hydrogens (tertiary/aromatic N) is 1. The Bertz CT molecular complexity index is 417. The molecule has 1 rings (SSSR count). The number of nitrogen functional groups attached to an aromatic ring is 1. The van der Waals surface area contributed by atoms with Crippen LogP contribution >= 0.6 is 15.9 Å². The normalized spacial score (nSPS) is 11.5. The lowest BCUT2D eigenvalue weighted by Gasteiger charge is -2.04. The van der Waals surface area contributed by atoms with Gasteiger partial charge in [-0.15, -0.1) is 0 Å². The van der Waals surface area contributed by atoms with Crippen molar-refractivity contribution < 1.29 is 8.42 Å². The summed E-state index contributed by atoms with van der Waals surface area (Å²) in [5.74, 6) is 0.0695. The Labute approximate surface area is 85.2 Å². The molecule has 0 radical (unpaired) electrons. The van der Waals surface area contributed by atoms with Crippen molar-refractivity contribution in [1.29, 1.82) is 0 Å². The van der Waals surface area contributed by atoms with Crippen LogP contribution in [0.5, 0.6) is 0 Å². The minimum atomic E-state index is -3.27. The Morgan fingerprint density at radius 2 is 2.23 bits per heavy atom. The van der Waals surface area contributed by atoms with Crippen molar-refractivity contribution >= 4 is 31.6 Å². The lowest BCUT2D eigenvalue weighted by atomic mass is 10.5. The van der Waals surface area contributed by atoms with E-state index < -0.39 is 9.84 Å². The highest BCUT2D eigenvalue weighted by atomic mass is 79.9. The standard InChI is InChI=1S/C7H9BrN2O2S/c1-2-13(11,12)6-3-5(8)4-10-7(6)9/h3-4H,2H2,1H3,(H2,9,10). The maximum Gasteiger partial charge on any atom is 0.181 e. The summed E-state index contributed by atoms with van der Waals surface area (Å²) in [4.78, 5) is 3.83. The Kier molecular flexibility index (Phi) is 2.92. The molecule has 0 spiro atoms. The molecule has 0 saturated heterocycles. The minimum absolute atomic E-state index is 0.0231. The van der Waals surface area contributed by atoms with E-state index in [0.29, 0.717) is 4.47 Å². The Morgan fingerprint density at radius 3 is 2.77 bits per heavy atom. The molecule has 0 saturated carbocycles. The van der Waals surface area contributed by atoms with Crippen molar-refractivity contribution in [3.05, 3.63) is 16.7 Å². The first-order chi connectivity index (χ1) is 5.97. The average Bonchev–Trinajstić information content (AvgIpc) is 2.09. The quantitative estimate of drug-likeness (QED) is 0.872. The van der Waals surface area contributed by atoms with Crippen LogP contribution in [-0.2, 0) is 9.84 Å². The largest absolute Gasteiger partial charge is 0.383 e. The summed E-state index contributed by atoms with van der Waals surface area (Å²) in [7, 11) is -3.27. The monoisotopic (exact) mass is 264 g/mol. The van der Waals surface area contributed by atoms with E-state index in [1.54, 1.807) is 6.92 Å². The summed E-state index contributed by atoms with van der Waals surface area (Å²) in [6, 6.07) is 1.46. The van der Waals surface area contributed by atoms with Gasteiger partial charge in [-0.3, -0.25) is 0 Å². The van der Waals surface area contributed by atoms with E-state index >= 15 is 0 Å². The molecule has 13 heavy (non-hydrogen) atoms. The molecule has 0 aliphatic carbocycles. The summed E-state index contributed by atoms with van der Waals surface area (Å²) in [5, 5.41) is 0. The number of halogens is 1. The molecule has 0 aliphatic rings. The van der Waals surface area contributed by atoms with Crippen LogP contribution in [0.1, 0.15) is 6.92 Å². The van der Waals surface area contributed by atoms with E-state index in [4.69, 9.17) is 5.73 Å². The third kappa shape index (κ3) is 2.19. The number of hydrogen-bond donors (Lipinski definition) is 1. The van der Waals surface area contributed by atoms with Crippen LogP contribution in [0.4, 0.5) is 5.82 Å². The van der Waals surface area contributed by atoms with Gasteiger partial charge in [-0.2, -0.15) is 0 Å². The van der Waals surface area contributed by atoms with Crippen LogP contribution < -0.4 is 5.73 Å². The first-order valence-electron chi connectivity index (χ1n) is 3.61. The van der Waals surface area contributed by atoms with Gasteiger partial charge in [0.25, 0.3) is 0 Å². The van der Waals surface area contributed by atoms with Crippen LogP contribution in [0.25, 0.3) is 0 Å². The molecule has 2 N–H and O–H groups in total. The lowest BCUT2D eigenvalue weighted by molar-refractivity contribution is 0.597. The zero-order chi connectivity index (χ0) is 10.1. The number of pyridine rings is 1. The molecule has 0 unspecified atom stereocenters. The highest BCUT2D eigenvalue weighted by molar-refractivity contribution is 9.10. The molecule has 6 heteroatoms. The van der Waals surface area contributed by atoms with E-state index in [0.717, 1.165) is 0 Å². The molecule has 0 bridgehead atoms. The number of anilines is 1. The zero-order valence-electron chi connectivity index (χ0n) is 6.99.